The van der Waals surface area contributed by atoms with E-state index in [2.05, 4.69) is 4.74 Å². The molecule has 3 aromatic rings. The van der Waals surface area contributed by atoms with Gasteiger partial charge in [0.05, 0.1) is 0 Å². The van der Waals surface area contributed by atoms with E-state index in [1.807, 2.05) is 0 Å². The number of aryl methyl sites for hydroxylation is 1. The zero-order valence-electron chi connectivity index (χ0n) is 13.5. The Morgan fingerprint density at radius 1 is 0.962 bits per heavy atom. The topological polar surface area (TPSA) is 31.2 Å². The summed E-state index contributed by atoms with van der Waals surface area (Å²) in [7, 11) is 0. The first-order valence-corrected chi connectivity index (χ1v) is 7.58. The largest absolute Gasteiger partial charge is 0.573 e. The van der Waals surface area contributed by atoms with Crippen LogP contribution in [-0.4, -0.2) is 10.9 Å². The summed E-state index contributed by atoms with van der Waals surface area (Å²) in [6.07, 6.45) is -3.21. The molecule has 0 aliphatic heterocycles. The van der Waals surface area contributed by atoms with Crippen molar-refractivity contribution in [2.24, 2.45) is 0 Å². The van der Waals surface area contributed by atoms with Gasteiger partial charge in [-0.3, -0.25) is 9.36 Å². The van der Waals surface area contributed by atoms with E-state index in [4.69, 9.17) is 0 Å². The van der Waals surface area contributed by atoms with Crippen LogP contribution in [0.5, 0.6) is 5.75 Å². The van der Waals surface area contributed by atoms with E-state index >= 15 is 0 Å². The lowest BCUT2D eigenvalue weighted by atomic mass is 10.0. The van der Waals surface area contributed by atoms with Gasteiger partial charge in [-0.2, -0.15) is 0 Å². The molecule has 3 rings (SSSR count). The minimum atomic E-state index is -4.78. The van der Waals surface area contributed by atoms with Gasteiger partial charge in [-0.25, -0.2) is 4.39 Å². The van der Waals surface area contributed by atoms with E-state index in [9.17, 15) is 22.4 Å². The molecule has 7 heteroatoms. The zero-order chi connectivity index (χ0) is 18.9. The van der Waals surface area contributed by atoms with Gasteiger partial charge >= 0.3 is 6.36 Å². The van der Waals surface area contributed by atoms with Crippen LogP contribution >= 0.6 is 0 Å². The molecule has 0 amide bonds. The first-order valence-electron chi connectivity index (χ1n) is 7.58. The molecule has 0 saturated heterocycles. The second-order valence-electron chi connectivity index (χ2n) is 5.63. The Balaban J connectivity index is 2.01. The molecule has 0 N–H and O–H groups in total. The van der Waals surface area contributed by atoms with Crippen molar-refractivity contribution in [3.63, 3.8) is 0 Å². The van der Waals surface area contributed by atoms with E-state index in [-0.39, 0.29) is 17.1 Å². The lowest BCUT2D eigenvalue weighted by Gasteiger charge is -2.13. The second-order valence-corrected chi connectivity index (χ2v) is 5.63. The molecule has 0 atom stereocenters. The molecule has 0 fully saturated rings. The van der Waals surface area contributed by atoms with Crippen molar-refractivity contribution >= 4 is 0 Å². The highest BCUT2D eigenvalue weighted by molar-refractivity contribution is 5.66. The third-order valence-electron chi connectivity index (χ3n) is 3.76. The average molecular weight is 363 g/mol. The predicted octanol–water partition coefficient (Wildman–Crippen LogP) is 4.85. The first-order chi connectivity index (χ1) is 12.2. The number of nitrogens with zero attached hydrogens (tertiary/aromatic N) is 1. The monoisotopic (exact) mass is 363 g/mol. The van der Waals surface area contributed by atoms with Gasteiger partial charge in [-0.15, -0.1) is 13.2 Å². The minimum absolute atomic E-state index is 0.335. The van der Waals surface area contributed by atoms with Crippen LogP contribution in [-0.2, 0) is 0 Å². The maximum Gasteiger partial charge on any atom is 0.573 e. The molecule has 2 aromatic carbocycles. The van der Waals surface area contributed by atoms with Crippen molar-refractivity contribution < 1.29 is 22.3 Å². The van der Waals surface area contributed by atoms with E-state index < -0.39 is 6.36 Å². The van der Waals surface area contributed by atoms with Crippen molar-refractivity contribution in [1.82, 2.24) is 4.57 Å². The van der Waals surface area contributed by atoms with E-state index in [0.29, 0.717) is 16.8 Å². The molecule has 0 aliphatic carbocycles. The van der Waals surface area contributed by atoms with Gasteiger partial charge in [-0.05, 0) is 54.4 Å². The van der Waals surface area contributed by atoms with Crippen LogP contribution in [0.4, 0.5) is 17.6 Å². The predicted molar refractivity (Wildman–Crippen MR) is 88.9 cm³/mol. The summed E-state index contributed by atoms with van der Waals surface area (Å²) in [5, 5.41) is 0. The average Bonchev–Trinajstić information content (AvgIpc) is 2.56. The van der Waals surface area contributed by atoms with E-state index in [1.54, 1.807) is 25.3 Å². The van der Waals surface area contributed by atoms with Gasteiger partial charge < -0.3 is 4.74 Å². The zero-order valence-corrected chi connectivity index (χ0v) is 13.5. The minimum Gasteiger partial charge on any atom is -0.406 e. The fourth-order valence-electron chi connectivity index (χ4n) is 2.57. The summed E-state index contributed by atoms with van der Waals surface area (Å²) in [6.45, 7) is 1.75. The number of alkyl halides is 3. The van der Waals surface area contributed by atoms with Crippen LogP contribution in [0.1, 0.15) is 5.56 Å². The first kappa shape index (κ1) is 17.7. The summed E-state index contributed by atoms with van der Waals surface area (Å²) in [4.78, 5) is 12.3. The van der Waals surface area contributed by atoms with Crippen molar-refractivity contribution in [3.8, 4) is 22.6 Å². The van der Waals surface area contributed by atoms with Crippen LogP contribution in [0.3, 0.4) is 0 Å². The summed E-state index contributed by atoms with van der Waals surface area (Å²) in [6, 6.07) is 12.2. The van der Waals surface area contributed by atoms with Gasteiger partial charge in [0.25, 0.3) is 5.56 Å². The van der Waals surface area contributed by atoms with Crippen LogP contribution in [0.15, 0.2) is 65.6 Å². The van der Waals surface area contributed by atoms with Gasteiger partial charge in [0, 0.05) is 23.5 Å². The number of pyridine rings is 1. The Morgan fingerprint density at radius 2 is 1.58 bits per heavy atom. The summed E-state index contributed by atoms with van der Waals surface area (Å²) in [5.74, 6) is -0.750. The number of ether oxygens (including phenoxy) is 1. The van der Waals surface area contributed by atoms with Crippen LogP contribution in [0, 0.1) is 12.7 Å². The molecule has 3 nitrogen and oxygen atoms in total. The number of aromatic nitrogens is 1. The summed E-state index contributed by atoms with van der Waals surface area (Å²) < 4.78 is 55.0. The highest BCUT2D eigenvalue weighted by Gasteiger charge is 2.30. The third-order valence-corrected chi connectivity index (χ3v) is 3.76. The summed E-state index contributed by atoms with van der Waals surface area (Å²) in [5.41, 5.74) is 2.18. The second kappa shape index (κ2) is 6.67. The Labute approximate surface area is 146 Å². The van der Waals surface area contributed by atoms with Gasteiger partial charge in [0.2, 0.25) is 0 Å². The van der Waals surface area contributed by atoms with Crippen LogP contribution in [0.2, 0.25) is 0 Å². The normalized spacial score (nSPS) is 11.4. The molecule has 0 radical (unpaired) electrons. The lowest BCUT2D eigenvalue weighted by Crippen LogP contribution is -2.19. The highest BCUT2D eigenvalue weighted by Crippen LogP contribution is 2.25. The van der Waals surface area contributed by atoms with Crippen LogP contribution in [0.25, 0.3) is 16.8 Å². The molecule has 26 heavy (non-hydrogen) atoms. The number of hydrogen-bond donors (Lipinski definition) is 0. The standard InChI is InChI=1S/C19H13F4NO2/c1-12-10-18(25)24(11-17(12)13-2-4-14(20)5-3-13)15-6-8-16(9-7-15)26-19(21,22)23/h2-11H,1H3. The number of hydrogen-bond acceptors (Lipinski definition) is 2. The smallest absolute Gasteiger partial charge is 0.406 e. The number of rotatable bonds is 3. The Hall–Kier alpha value is -3.09. The lowest BCUT2D eigenvalue weighted by molar-refractivity contribution is -0.274. The van der Waals surface area contributed by atoms with Gasteiger partial charge in [-0.1, -0.05) is 12.1 Å². The molecule has 0 saturated carbocycles. The van der Waals surface area contributed by atoms with Gasteiger partial charge in [0.15, 0.2) is 0 Å². The fourth-order valence-corrected chi connectivity index (χ4v) is 2.57. The van der Waals surface area contributed by atoms with Crippen molar-refractivity contribution in [2.45, 2.75) is 13.3 Å². The summed E-state index contributed by atoms with van der Waals surface area (Å²) >= 11 is 0. The Bertz CT molecular complexity index is 974. The molecular weight excluding hydrogens is 350 g/mol. The van der Waals surface area contributed by atoms with E-state index in [1.165, 1.54) is 34.9 Å². The Kier molecular flexibility index (Phi) is 4.54. The Morgan fingerprint density at radius 3 is 2.15 bits per heavy atom. The SMILES string of the molecule is Cc1cc(=O)n(-c2ccc(OC(F)(F)F)cc2)cc1-c1ccc(F)cc1. The fraction of sp³-hybridized carbons (Fsp3) is 0.105. The molecular formula is C19H13F4NO2. The molecule has 0 spiro atoms. The molecule has 134 valence electrons. The highest BCUT2D eigenvalue weighted by atomic mass is 19.4. The number of halogens is 4. The van der Waals surface area contributed by atoms with Crippen molar-refractivity contribution in [2.75, 3.05) is 0 Å². The van der Waals surface area contributed by atoms with Crippen LogP contribution < -0.4 is 10.3 Å². The number of benzene rings is 2. The quantitative estimate of drug-likeness (QED) is 0.623. The molecule has 1 aromatic heterocycles. The molecule has 0 unspecified atom stereocenters. The molecule has 0 bridgehead atoms. The molecule has 0 aliphatic rings. The van der Waals surface area contributed by atoms with E-state index in [0.717, 1.165) is 17.7 Å². The van der Waals surface area contributed by atoms with Gasteiger partial charge in [0.1, 0.15) is 11.6 Å². The molecule has 1 heterocycles. The third kappa shape index (κ3) is 3.93. The van der Waals surface area contributed by atoms with Crippen molar-refractivity contribution in [1.29, 1.82) is 0 Å². The van der Waals surface area contributed by atoms with Crippen molar-refractivity contribution in [3.05, 3.63) is 82.5 Å². The maximum atomic E-state index is 13.1. The maximum absolute atomic E-state index is 13.1.